The number of hydrogen-bond acceptors (Lipinski definition) is 2. The zero-order valence-electron chi connectivity index (χ0n) is 13.4. The van der Waals surface area contributed by atoms with Crippen LogP contribution in [0.25, 0.3) is 0 Å². The fourth-order valence-electron chi connectivity index (χ4n) is 3.06. The summed E-state index contributed by atoms with van der Waals surface area (Å²) < 4.78 is 0. The van der Waals surface area contributed by atoms with Gasteiger partial charge in [0, 0.05) is 6.42 Å². The molecule has 2 heteroatoms. The fourth-order valence-corrected chi connectivity index (χ4v) is 3.06. The number of nitrogens with zero attached hydrogens (tertiary/aromatic N) is 1. The molecule has 1 heterocycles. The highest BCUT2D eigenvalue weighted by Crippen LogP contribution is 2.25. The van der Waals surface area contributed by atoms with E-state index in [0.29, 0.717) is 6.42 Å². The molecule has 2 nitrogen and oxygen atoms in total. The predicted octanol–water partition coefficient (Wildman–Crippen LogP) is 3.22. The van der Waals surface area contributed by atoms with E-state index >= 15 is 0 Å². The molecule has 0 amide bonds. The van der Waals surface area contributed by atoms with Gasteiger partial charge in [0.1, 0.15) is 0 Å². The van der Waals surface area contributed by atoms with Gasteiger partial charge < -0.3 is 5.11 Å². The van der Waals surface area contributed by atoms with Crippen LogP contribution in [0.2, 0.25) is 0 Å². The van der Waals surface area contributed by atoms with Crippen LogP contribution in [0.4, 0.5) is 0 Å². The minimum atomic E-state index is -1.14. The highest BCUT2D eigenvalue weighted by atomic mass is 16.3. The standard InChI is InChI=1S/C21H23NO/c23-21(20-12-5-2-6-13-20,18-19-10-3-1-4-11-19)14-9-17-22-15-7-8-16-22/h1-6,10-13,23H,7-8,15-18H2. The van der Waals surface area contributed by atoms with Crippen molar-refractivity contribution in [2.45, 2.75) is 24.9 Å². The molecule has 0 aromatic heterocycles. The molecule has 1 aliphatic heterocycles. The van der Waals surface area contributed by atoms with E-state index in [2.05, 4.69) is 16.7 Å². The first-order valence-electron chi connectivity index (χ1n) is 8.30. The van der Waals surface area contributed by atoms with Gasteiger partial charge in [-0.15, -0.1) is 0 Å². The summed E-state index contributed by atoms with van der Waals surface area (Å²) >= 11 is 0. The van der Waals surface area contributed by atoms with E-state index in [1.54, 1.807) is 0 Å². The molecule has 1 fully saturated rings. The quantitative estimate of drug-likeness (QED) is 0.877. The molecular formula is C21H23NO. The molecule has 2 aromatic carbocycles. The van der Waals surface area contributed by atoms with E-state index in [9.17, 15) is 5.11 Å². The van der Waals surface area contributed by atoms with E-state index in [-0.39, 0.29) is 0 Å². The topological polar surface area (TPSA) is 23.5 Å². The van der Waals surface area contributed by atoms with Gasteiger partial charge in [0.15, 0.2) is 5.60 Å². The molecule has 0 aliphatic carbocycles. The maximum atomic E-state index is 11.2. The van der Waals surface area contributed by atoms with Crippen LogP contribution in [0, 0.1) is 11.8 Å². The normalized spacial score (nSPS) is 17.3. The van der Waals surface area contributed by atoms with Crippen LogP contribution < -0.4 is 0 Å². The molecule has 0 spiro atoms. The van der Waals surface area contributed by atoms with Crippen LogP contribution in [-0.2, 0) is 12.0 Å². The Morgan fingerprint density at radius 3 is 2.17 bits per heavy atom. The Morgan fingerprint density at radius 1 is 0.913 bits per heavy atom. The predicted molar refractivity (Wildman–Crippen MR) is 93.9 cm³/mol. The van der Waals surface area contributed by atoms with Crippen molar-refractivity contribution in [1.82, 2.24) is 4.90 Å². The van der Waals surface area contributed by atoms with Gasteiger partial charge >= 0.3 is 0 Å². The lowest BCUT2D eigenvalue weighted by Gasteiger charge is -2.23. The van der Waals surface area contributed by atoms with Gasteiger partial charge in [-0.1, -0.05) is 72.5 Å². The van der Waals surface area contributed by atoms with Gasteiger partial charge in [0.2, 0.25) is 0 Å². The fraction of sp³-hybridized carbons (Fsp3) is 0.333. The molecule has 23 heavy (non-hydrogen) atoms. The Morgan fingerprint density at radius 2 is 1.52 bits per heavy atom. The summed E-state index contributed by atoms with van der Waals surface area (Å²) in [6, 6.07) is 19.8. The van der Waals surface area contributed by atoms with Crippen molar-refractivity contribution >= 4 is 0 Å². The third-order valence-corrected chi connectivity index (χ3v) is 4.35. The van der Waals surface area contributed by atoms with Crippen LogP contribution >= 0.6 is 0 Å². The van der Waals surface area contributed by atoms with Gasteiger partial charge in [-0.3, -0.25) is 4.90 Å². The van der Waals surface area contributed by atoms with Gasteiger partial charge in [-0.25, -0.2) is 0 Å². The molecule has 2 aromatic rings. The summed E-state index contributed by atoms with van der Waals surface area (Å²) in [5.74, 6) is 6.36. The number of hydrogen-bond donors (Lipinski definition) is 1. The molecular weight excluding hydrogens is 282 g/mol. The second-order valence-corrected chi connectivity index (χ2v) is 6.17. The van der Waals surface area contributed by atoms with Gasteiger partial charge in [0.25, 0.3) is 0 Å². The monoisotopic (exact) mass is 305 g/mol. The zero-order chi connectivity index (χ0) is 16.0. The van der Waals surface area contributed by atoms with Crippen LogP contribution in [0.1, 0.15) is 24.0 Å². The average Bonchev–Trinajstić information content (AvgIpc) is 3.10. The van der Waals surface area contributed by atoms with Gasteiger partial charge in [0.05, 0.1) is 6.54 Å². The third kappa shape index (κ3) is 4.22. The largest absolute Gasteiger partial charge is 0.373 e. The van der Waals surface area contributed by atoms with Crippen molar-refractivity contribution in [3.8, 4) is 11.8 Å². The van der Waals surface area contributed by atoms with E-state index in [1.165, 1.54) is 12.8 Å². The Labute approximate surface area is 138 Å². The molecule has 1 aliphatic rings. The maximum absolute atomic E-state index is 11.2. The van der Waals surface area contributed by atoms with E-state index in [0.717, 1.165) is 30.8 Å². The second kappa shape index (κ2) is 7.46. The Bertz CT molecular complexity index is 665. The van der Waals surface area contributed by atoms with Crippen molar-refractivity contribution in [2.24, 2.45) is 0 Å². The second-order valence-electron chi connectivity index (χ2n) is 6.17. The molecule has 1 N–H and O–H groups in total. The first-order chi connectivity index (χ1) is 11.3. The zero-order valence-corrected chi connectivity index (χ0v) is 13.4. The van der Waals surface area contributed by atoms with Crippen molar-refractivity contribution in [1.29, 1.82) is 0 Å². The smallest absolute Gasteiger partial charge is 0.154 e. The molecule has 1 saturated heterocycles. The molecule has 1 unspecified atom stereocenters. The van der Waals surface area contributed by atoms with Crippen LogP contribution in [0.15, 0.2) is 60.7 Å². The lowest BCUT2D eigenvalue weighted by Crippen LogP contribution is -2.27. The molecule has 1 atom stereocenters. The Hall–Kier alpha value is -2.08. The molecule has 0 bridgehead atoms. The minimum Gasteiger partial charge on any atom is -0.373 e. The summed E-state index contributed by atoms with van der Waals surface area (Å²) in [5, 5.41) is 11.2. The number of likely N-dealkylation sites (tertiary alicyclic amines) is 1. The lowest BCUT2D eigenvalue weighted by atomic mass is 9.87. The maximum Gasteiger partial charge on any atom is 0.154 e. The summed E-state index contributed by atoms with van der Waals surface area (Å²) in [4.78, 5) is 2.35. The Balaban J connectivity index is 1.82. The van der Waals surface area contributed by atoms with Crippen LogP contribution in [-0.4, -0.2) is 29.6 Å². The van der Waals surface area contributed by atoms with E-state index in [1.807, 2.05) is 60.7 Å². The highest BCUT2D eigenvalue weighted by molar-refractivity contribution is 5.35. The lowest BCUT2D eigenvalue weighted by molar-refractivity contribution is 0.100. The molecule has 0 radical (unpaired) electrons. The number of benzene rings is 2. The van der Waals surface area contributed by atoms with E-state index in [4.69, 9.17) is 0 Å². The van der Waals surface area contributed by atoms with Crippen LogP contribution in [0.5, 0.6) is 0 Å². The highest BCUT2D eigenvalue weighted by Gasteiger charge is 2.27. The summed E-state index contributed by atoms with van der Waals surface area (Å²) in [6.07, 6.45) is 3.02. The van der Waals surface area contributed by atoms with E-state index < -0.39 is 5.60 Å². The van der Waals surface area contributed by atoms with Crippen molar-refractivity contribution < 1.29 is 5.11 Å². The summed E-state index contributed by atoms with van der Waals surface area (Å²) in [5.41, 5.74) is 0.814. The molecule has 0 saturated carbocycles. The van der Waals surface area contributed by atoms with Gasteiger partial charge in [-0.2, -0.15) is 0 Å². The first kappa shape index (κ1) is 15.8. The first-order valence-corrected chi connectivity index (χ1v) is 8.30. The van der Waals surface area contributed by atoms with Crippen molar-refractivity contribution in [3.05, 3.63) is 71.8 Å². The molecule has 118 valence electrons. The summed E-state index contributed by atoms with van der Waals surface area (Å²) in [6.45, 7) is 2.98. The SMILES string of the molecule is OC(C#CCN1CCCC1)(Cc1ccccc1)c1ccccc1. The van der Waals surface area contributed by atoms with Crippen molar-refractivity contribution in [2.75, 3.05) is 19.6 Å². The minimum absolute atomic E-state index is 0.505. The Kier molecular flexibility index (Phi) is 5.12. The third-order valence-electron chi connectivity index (χ3n) is 4.35. The van der Waals surface area contributed by atoms with Crippen LogP contribution in [0.3, 0.4) is 0 Å². The number of rotatable bonds is 4. The summed E-state index contributed by atoms with van der Waals surface area (Å²) in [7, 11) is 0. The number of aliphatic hydroxyl groups is 1. The van der Waals surface area contributed by atoms with Crippen molar-refractivity contribution in [3.63, 3.8) is 0 Å². The van der Waals surface area contributed by atoms with Gasteiger partial charge in [-0.05, 0) is 37.1 Å². The average molecular weight is 305 g/mol. The molecule has 3 rings (SSSR count).